The summed E-state index contributed by atoms with van der Waals surface area (Å²) in [5.74, 6) is -0.0771. The van der Waals surface area contributed by atoms with Crippen LogP contribution in [0.25, 0.3) is 0 Å². The summed E-state index contributed by atoms with van der Waals surface area (Å²) in [4.78, 5) is 12.8. The highest BCUT2D eigenvalue weighted by Gasteiger charge is 2.43. The zero-order valence-electron chi connectivity index (χ0n) is 14.1. The lowest BCUT2D eigenvalue weighted by Gasteiger charge is -2.29. The fraction of sp³-hybridized carbons (Fsp3) is 0.316. The van der Waals surface area contributed by atoms with Gasteiger partial charge < -0.3 is 5.73 Å². The van der Waals surface area contributed by atoms with Gasteiger partial charge in [-0.1, -0.05) is 42.5 Å². The van der Waals surface area contributed by atoms with E-state index in [0.29, 0.717) is 5.56 Å². The lowest BCUT2D eigenvalue weighted by molar-refractivity contribution is 0.103. The van der Waals surface area contributed by atoms with E-state index >= 15 is 0 Å². The Balaban J connectivity index is 1.99. The number of hydrogen-bond donors (Lipinski definition) is 2. The van der Waals surface area contributed by atoms with Crippen molar-refractivity contribution in [2.75, 3.05) is 6.54 Å². The second kappa shape index (κ2) is 6.71. The molecule has 1 fully saturated rings. The van der Waals surface area contributed by atoms with Crippen molar-refractivity contribution in [1.29, 1.82) is 0 Å². The zero-order chi connectivity index (χ0) is 18.1. The van der Waals surface area contributed by atoms with Crippen LogP contribution in [0.3, 0.4) is 0 Å². The number of hydrogen-bond acceptors (Lipinski definition) is 4. The first-order chi connectivity index (χ1) is 11.9. The van der Waals surface area contributed by atoms with Crippen LogP contribution in [-0.2, 0) is 10.0 Å². The van der Waals surface area contributed by atoms with Gasteiger partial charge in [0.2, 0.25) is 10.0 Å². The Labute approximate surface area is 148 Å². The van der Waals surface area contributed by atoms with E-state index in [4.69, 9.17) is 5.73 Å². The van der Waals surface area contributed by atoms with Crippen molar-refractivity contribution in [3.8, 4) is 0 Å². The first-order valence-electron chi connectivity index (χ1n) is 8.30. The number of carbonyl (C=O) groups is 1. The Morgan fingerprint density at radius 2 is 1.72 bits per heavy atom. The number of nitrogens with two attached hydrogens (primary N) is 1. The molecule has 2 aromatic rings. The molecule has 132 valence electrons. The summed E-state index contributed by atoms with van der Waals surface area (Å²) in [6.45, 7) is 2.04. The highest BCUT2D eigenvalue weighted by molar-refractivity contribution is 7.89. The topological polar surface area (TPSA) is 89.3 Å². The van der Waals surface area contributed by atoms with Gasteiger partial charge in [-0.3, -0.25) is 4.79 Å². The molecule has 5 nitrogen and oxygen atoms in total. The molecule has 25 heavy (non-hydrogen) atoms. The predicted octanol–water partition coefficient (Wildman–Crippen LogP) is 2.32. The second-order valence-electron chi connectivity index (χ2n) is 6.69. The van der Waals surface area contributed by atoms with Crippen LogP contribution in [0.15, 0.2) is 59.5 Å². The summed E-state index contributed by atoms with van der Waals surface area (Å²) < 4.78 is 28.7. The maximum Gasteiger partial charge on any atom is 0.241 e. The van der Waals surface area contributed by atoms with Gasteiger partial charge in [-0.05, 0) is 37.8 Å². The number of benzene rings is 2. The molecule has 0 radical (unpaired) electrons. The zero-order valence-corrected chi connectivity index (χ0v) is 14.9. The van der Waals surface area contributed by atoms with E-state index in [9.17, 15) is 13.2 Å². The van der Waals surface area contributed by atoms with Gasteiger partial charge in [0.25, 0.3) is 0 Å². The van der Waals surface area contributed by atoms with E-state index in [-0.39, 0.29) is 28.7 Å². The Bertz CT molecular complexity index is 877. The Kier molecular flexibility index (Phi) is 4.77. The molecule has 3 rings (SSSR count). The lowest BCUT2D eigenvalue weighted by atomic mass is 9.98. The minimum Gasteiger partial charge on any atom is -0.329 e. The molecule has 0 heterocycles. The lowest BCUT2D eigenvalue weighted by Crippen LogP contribution is -2.53. The average Bonchev–Trinajstić information content (AvgIpc) is 3.47. The van der Waals surface area contributed by atoms with Crippen LogP contribution in [0.2, 0.25) is 0 Å². The molecule has 1 unspecified atom stereocenters. The molecule has 0 amide bonds. The van der Waals surface area contributed by atoms with Gasteiger partial charge in [-0.15, -0.1) is 0 Å². The molecule has 0 aliphatic heterocycles. The van der Waals surface area contributed by atoms with E-state index in [1.165, 1.54) is 6.07 Å². The van der Waals surface area contributed by atoms with Crippen molar-refractivity contribution >= 4 is 15.8 Å². The monoisotopic (exact) mass is 358 g/mol. The van der Waals surface area contributed by atoms with Crippen LogP contribution in [0.1, 0.15) is 35.7 Å². The van der Waals surface area contributed by atoms with Crippen LogP contribution in [-0.4, -0.2) is 26.3 Å². The van der Waals surface area contributed by atoms with E-state index in [1.807, 2.05) is 13.0 Å². The second-order valence-corrected chi connectivity index (χ2v) is 8.34. The third-order valence-electron chi connectivity index (χ3n) is 4.73. The molecule has 0 aromatic heterocycles. The van der Waals surface area contributed by atoms with Gasteiger partial charge in [0.15, 0.2) is 5.78 Å². The highest BCUT2D eigenvalue weighted by atomic mass is 32.2. The van der Waals surface area contributed by atoms with Gasteiger partial charge in [0.05, 0.1) is 4.90 Å². The maximum absolute atomic E-state index is 13.0. The number of carbonyl (C=O) groups excluding carboxylic acids is 1. The Hall–Kier alpha value is -2.02. The molecule has 3 N–H and O–H groups in total. The molecule has 0 spiro atoms. The summed E-state index contributed by atoms with van der Waals surface area (Å²) in [7, 11) is -3.87. The van der Waals surface area contributed by atoms with Gasteiger partial charge in [-0.2, -0.15) is 0 Å². The Morgan fingerprint density at radius 1 is 1.12 bits per heavy atom. The van der Waals surface area contributed by atoms with Gasteiger partial charge in [-0.25, -0.2) is 13.1 Å². The summed E-state index contributed by atoms with van der Waals surface area (Å²) in [6.07, 6.45) is 1.92. The molecular weight excluding hydrogens is 336 g/mol. The molecule has 2 aromatic carbocycles. The SMILES string of the molecule is CC(CN)(NS(=O)(=O)c1ccccc1C(=O)c1ccccc1)C1CC1. The summed E-state index contributed by atoms with van der Waals surface area (Å²) >= 11 is 0. The molecule has 1 saturated carbocycles. The fourth-order valence-electron chi connectivity index (χ4n) is 3.01. The number of nitrogens with one attached hydrogen (secondary N) is 1. The van der Waals surface area contributed by atoms with Crippen molar-refractivity contribution < 1.29 is 13.2 Å². The first-order valence-corrected chi connectivity index (χ1v) is 9.78. The van der Waals surface area contributed by atoms with Gasteiger partial charge >= 0.3 is 0 Å². The average molecular weight is 358 g/mol. The predicted molar refractivity (Wildman–Crippen MR) is 96.8 cm³/mol. The smallest absolute Gasteiger partial charge is 0.241 e. The summed E-state index contributed by atoms with van der Waals surface area (Å²) in [5, 5.41) is 0. The highest BCUT2D eigenvalue weighted by Crippen LogP contribution is 2.40. The minimum absolute atomic E-state index is 0.0100. The molecule has 1 aliphatic carbocycles. The van der Waals surface area contributed by atoms with Gasteiger partial charge in [0, 0.05) is 23.2 Å². The van der Waals surface area contributed by atoms with Crippen molar-refractivity contribution in [2.45, 2.75) is 30.2 Å². The molecule has 1 aliphatic rings. The summed E-state index contributed by atoms with van der Waals surface area (Å²) in [5.41, 5.74) is 5.75. The van der Waals surface area contributed by atoms with Crippen LogP contribution in [0.4, 0.5) is 0 Å². The van der Waals surface area contributed by atoms with Crippen LogP contribution >= 0.6 is 0 Å². The molecule has 6 heteroatoms. The van der Waals surface area contributed by atoms with Crippen LogP contribution < -0.4 is 10.5 Å². The molecule has 0 bridgehead atoms. The standard InChI is InChI=1S/C19H22N2O3S/c1-19(13-20,15-11-12-15)21-25(23,24)17-10-6-5-9-16(17)18(22)14-7-3-2-4-8-14/h2-10,15,21H,11-13,20H2,1H3. The van der Waals surface area contributed by atoms with Crippen molar-refractivity contribution in [3.05, 3.63) is 65.7 Å². The number of sulfonamides is 1. The largest absolute Gasteiger partial charge is 0.329 e. The Morgan fingerprint density at radius 3 is 2.32 bits per heavy atom. The number of rotatable bonds is 7. The molecular formula is C19H22N2O3S. The van der Waals surface area contributed by atoms with E-state index in [0.717, 1.165) is 12.8 Å². The third kappa shape index (κ3) is 3.66. The molecule has 1 atom stereocenters. The maximum atomic E-state index is 13.0. The van der Waals surface area contributed by atoms with E-state index in [1.54, 1.807) is 42.5 Å². The third-order valence-corrected chi connectivity index (χ3v) is 6.40. The summed E-state index contributed by atoms with van der Waals surface area (Å²) in [6, 6.07) is 14.9. The van der Waals surface area contributed by atoms with Gasteiger partial charge in [0.1, 0.15) is 0 Å². The molecule has 0 saturated heterocycles. The number of ketones is 1. The van der Waals surface area contributed by atoms with E-state index in [2.05, 4.69) is 4.72 Å². The van der Waals surface area contributed by atoms with Crippen molar-refractivity contribution in [1.82, 2.24) is 4.72 Å². The first kappa shape index (κ1) is 17.8. The normalized spacial score (nSPS) is 17.0. The van der Waals surface area contributed by atoms with Crippen LogP contribution in [0.5, 0.6) is 0 Å². The minimum atomic E-state index is -3.87. The van der Waals surface area contributed by atoms with Crippen molar-refractivity contribution in [3.63, 3.8) is 0 Å². The van der Waals surface area contributed by atoms with Crippen LogP contribution in [0, 0.1) is 5.92 Å². The quantitative estimate of drug-likeness (QED) is 0.744. The van der Waals surface area contributed by atoms with Crippen molar-refractivity contribution in [2.24, 2.45) is 11.7 Å². The fourth-order valence-corrected chi connectivity index (χ4v) is 4.69. The van der Waals surface area contributed by atoms with E-state index < -0.39 is 15.6 Å².